The number of hydrogen-bond acceptors (Lipinski definition) is 4. The van der Waals surface area contributed by atoms with E-state index in [4.69, 9.17) is 15.4 Å². The lowest BCUT2D eigenvalue weighted by atomic mass is 10.2. The van der Waals surface area contributed by atoms with Crippen molar-refractivity contribution in [3.05, 3.63) is 48.2 Å². The summed E-state index contributed by atoms with van der Waals surface area (Å²) in [5.41, 5.74) is 0.560. The van der Waals surface area contributed by atoms with Gasteiger partial charge in [0.15, 0.2) is 11.6 Å². The van der Waals surface area contributed by atoms with Gasteiger partial charge < -0.3 is 4.74 Å². The lowest BCUT2D eigenvalue weighted by Gasteiger charge is -2.12. The average molecular weight is 401 g/mol. The Bertz CT molecular complexity index is 1080. The van der Waals surface area contributed by atoms with Crippen LogP contribution in [0.5, 0.6) is 11.5 Å². The summed E-state index contributed by atoms with van der Waals surface area (Å²) in [5.74, 6) is -1.92. The monoisotopic (exact) mass is 400 g/mol. The summed E-state index contributed by atoms with van der Waals surface area (Å²) in [4.78, 5) is -0.319. The van der Waals surface area contributed by atoms with E-state index in [2.05, 4.69) is 5.10 Å². The molecule has 0 bridgehead atoms. The standard InChI is InChI=1S/C17H15ClF2N2O3S/c1-10(2)9-22-14-7-17(26(18,23)24)16(5-11(14)8-21-22)25-15-4-3-12(19)6-13(15)20/h3-8,10H,9H2,1-2H3. The van der Waals surface area contributed by atoms with E-state index < -0.39 is 20.7 Å². The van der Waals surface area contributed by atoms with Crippen LogP contribution in [0.3, 0.4) is 0 Å². The van der Waals surface area contributed by atoms with Crippen molar-refractivity contribution in [2.75, 3.05) is 0 Å². The minimum atomic E-state index is -4.18. The lowest BCUT2D eigenvalue weighted by molar-refractivity contribution is 0.428. The molecule has 0 saturated heterocycles. The molecule has 0 saturated carbocycles. The number of halogens is 3. The highest BCUT2D eigenvalue weighted by Crippen LogP contribution is 2.36. The third kappa shape index (κ3) is 3.81. The number of nitrogens with zero attached hydrogens (tertiary/aromatic N) is 2. The van der Waals surface area contributed by atoms with E-state index in [1.54, 1.807) is 10.9 Å². The molecule has 0 atom stereocenters. The minimum Gasteiger partial charge on any atom is -0.453 e. The highest BCUT2D eigenvalue weighted by molar-refractivity contribution is 8.13. The zero-order valence-electron chi connectivity index (χ0n) is 13.9. The summed E-state index contributed by atoms with van der Waals surface area (Å²) in [7, 11) is 1.35. The van der Waals surface area contributed by atoms with Crippen molar-refractivity contribution in [1.82, 2.24) is 9.78 Å². The van der Waals surface area contributed by atoms with Gasteiger partial charge in [-0.1, -0.05) is 13.8 Å². The predicted octanol–water partition coefficient (Wildman–Crippen LogP) is 4.69. The first-order chi connectivity index (χ1) is 12.1. The van der Waals surface area contributed by atoms with Crippen LogP contribution >= 0.6 is 10.7 Å². The van der Waals surface area contributed by atoms with Crippen molar-refractivity contribution < 1.29 is 21.9 Å². The highest BCUT2D eigenvalue weighted by Gasteiger charge is 2.21. The van der Waals surface area contributed by atoms with Crippen LogP contribution in [0.4, 0.5) is 8.78 Å². The molecule has 0 aliphatic rings. The van der Waals surface area contributed by atoms with Crippen molar-refractivity contribution in [3.63, 3.8) is 0 Å². The van der Waals surface area contributed by atoms with E-state index in [0.717, 1.165) is 12.1 Å². The predicted molar refractivity (Wildman–Crippen MR) is 94.0 cm³/mol. The van der Waals surface area contributed by atoms with Crippen LogP contribution in [0, 0.1) is 17.6 Å². The molecule has 0 unspecified atom stereocenters. The Hall–Kier alpha value is -2.19. The van der Waals surface area contributed by atoms with Crippen molar-refractivity contribution in [3.8, 4) is 11.5 Å². The van der Waals surface area contributed by atoms with Crippen molar-refractivity contribution in [2.45, 2.75) is 25.3 Å². The van der Waals surface area contributed by atoms with Gasteiger partial charge in [0.25, 0.3) is 9.05 Å². The molecule has 0 spiro atoms. The van der Waals surface area contributed by atoms with Gasteiger partial charge in [0.2, 0.25) is 0 Å². The van der Waals surface area contributed by atoms with Gasteiger partial charge in [-0.2, -0.15) is 5.10 Å². The number of aromatic nitrogens is 2. The van der Waals surface area contributed by atoms with Gasteiger partial charge in [-0.3, -0.25) is 4.68 Å². The Morgan fingerprint density at radius 2 is 1.92 bits per heavy atom. The Labute approximate surface area is 153 Å². The SMILES string of the molecule is CC(C)Cn1ncc2cc(Oc3ccc(F)cc3F)c(S(=O)(=O)Cl)cc21. The van der Waals surface area contributed by atoms with E-state index in [1.807, 2.05) is 13.8 Å². The molecule has 26 heavy (non-hydrogen) atoms. The van der Waals surface area contributed by atoms with Crippen LogP contribution < -0.4 is 4.74 Å². The third-order valence-corrected chi connectivity index (χ3v) is 4.97. The smallest absolute Gasteiger partial charge is 0.265 e. The van der Waals surface area contributed by atoms with Gasteiger partial charge in [0, 0.05) is 28.7 Å². The summed E-state index contributed by atoms with van der Waals surface area (Å²) >= 11 is 0. The maximum atomic E-state index is 13.9. The van der Waals surface area contributed by atoms with E-state index in [0.29, 0.717) is 29.4 Å². The molecule has 5 nitrogen and oxygen atoms in total. The number of rotatable bonds is 5. The molecule has 1 heterocycles. The number of hydrogen-bond donors (Lipinski definition) is 0. The Morgan fingerprint density at radius 3 is 2.54 bits per heavy atom. The summed E-state index contributed by atoms with van der Waals surface area (Å²) in [6.45, 7) is 4.58. The highest BCUT2D eigenvalue weighted by atomic mass is 35.7. The van der Waals surface area contributed by atoms with Gasteiger partial charge >= 0.3 is 0 Å². The molecule has 0 N–H and O–H groups in total. The zero-order chi connectivity index (χ0) is 19.1. The first-order valence-corrected chi connectivity index (χ1v) is 10.0. The molecule has 9 heteroatoms. The van der Waals surface area contributed by atoms with Gasteiger partial charge in [0.05, 0.1) is 11.7 Å². The van der Waals surface area contributed by atoms with Crippen molar-refractivity contribution in [1.29, 1.82) is 0 Å². The van der Waals surface area contributed by atoms with E-state index >= 15 is 0 Å². The number of fused-ring (bicyclic) bond motifs is 1. The fraction of sp³-hybridized carbons (Fsp3) is 0.235. The molecule has 1 aromatic heterocycles. The van der Waals surface area contributed by atoms with Crippen LogP contribution in [0.1, 0.15) is 13.8 Å². The second-order valence-corrected chi connectivity index (χ2v) is 8.73. The van der Waals surface area contributed by atoms with E-state index in [-0.39, 0.29) is 16.4 Å². The number of benzene rings is 2. The molecule has 0 aliphatic heterocycles. The molecule has 0 radical (unpaired) electrons. The normalized spacial score (nSPS) is 12.1. The van der Waals surface area contributed by atoms with Crippen molar-refractivity contribution >= 4 is 30.6 Å². The molecular formula is C17H15ClF2N2O3S. The Kier molecular flexibility index (Phi) is 4.90. The average Bonchev–Trinajstić information content (AvgIpc) is 2.90. The van der Waals surface area contributed by atoms with Crippen LogP contribution in [0.25, 0.3) is 10.9 Å². The quantitative estimate of drug-likeness (QED) is 0.583. The minimum absolute atomic E-state index is 0.165. The fourth-order valence-corrected chi connectivity index (χ4v) is 3.48. The molecule has 138 valence electrons. The van der Waals surface area contributed by atoms with Crippen molar-refractivity contribution in [2.24, 2.45) is 5.92 Å². The van der Waals surface area contributed by atoms with E-state index in [1.165, 1.54) is 12.1 Å². The molecular weight excluding hydrogens is 386 g/mol. The van der Waals surface area contributed by atoms with Gasteiger partial charge in [-0.25, -0.2) is 17.2 Å². The Balaban J connectivity index is 2.14. The second kappa shape index (κ2) is 6.85. The molecule has 3 aromatic rings. The summed E-state index contributed by atoms with van der Waals surface area (Å²) < 4.78 is 57.9. The van der Waals surface area contributed by atoms with Crippen LogP contribution in [0.2, 0.25) is 0 Å². The van der Waals surface area contributed by atoms with E-state index in [9.17, 15) is 17.2 Å². The largest absolute Gasteiger partial charge is 0.453 e. The molecule has 0 amide bonds. The summed E-state index contributed by atoms with van der Waals surface area (Å²) in [6.07, 6.45) is 1.55. The first kappa shape index (κ1) is 18.6. The fourth-order valence-electron chi connectivity index (χ4n) is 2.52. The molecule has 3 rings (SSSR count). The maximum Gasteiger partial charge on any atom is 0.265 e. The topological polar surface area (TPSA) is 61.2 Å². The Morgan fingerprint density at radius 1 is 1.19 bits per heavy atom. The lowest BCUT2D eigenvalue weighted by Crippen LogP contribution is -2.06. The zero-order valence-corrected chi connectivity index (χ0v) is 15.5. The van der Waals surface area contributed by atoms with Crippen LogP contribution in [-0.2, 0) is 15.6 Å². The second-order valence-electron chi connectivity index (χ2n) is 6.19. The summed E-state index contributed by atoms with van der Waals surface area (Å²) in [6, 6.07) is 5.47. The van der Waals surface area contributed by atoms with Gasteiger partial charge in [-0.15, -0.1) is 0 Å². The maximum absolute atomic E-state index is 13.9. The first-order valence-electron chi connectivity index (χ1n) is 7.72. The van der Waals surface area contributed by atoms with Crippen LogP contribution in [0.15, 0.2) is 41.4 Å². The molecule has 2 aromatic carbocycles. The molecule has 0 aliphatic carbocycles. The third-order valence-electron chi connectivity index (χ3n) is 3.62. The summed E-state index contributed by atoms with van der Waals surface area (Å²) in [5, 5.41) is 4.84. The molecule has 0 fully saturated rings. The van der Waals surface area contributed by atoms with Crippen LogP contribution in [-0.4, -0.2) is 18.2 Å². The number of ether oxygens (including phenoxy) is 1. The van der Waals surface area contributed by atoms with Gasteiger partial charge in [-0.05, 0) is 30.2 Å². The van der Waals surface area contributed by atoms with Gasteiger partial charge in [0.1, 0.15) is 16.5 Å².